The lowest BCUT2D eigenvalue weighted by Crippen LogP contribution is -2.15. The molecule has 0 saturated carbocycles. The summed E-state index contributed by atoms with van der Waals surface area (Å²) in [6.45, 7) is 7.69. The fourth-order valence-electron chi connectivity index (χ4n) is 3.82. The Morgan fingerprint density at radius 3 is 2.45 bits per heavy atom. The number of ether oxygens (including phenoxy) is 2. The van der Waals surface area contributed by atoms with Crippen LogP contribution in [0.4, 0.5) is 5.69 Å². The highest BCUT2D eigenvalue weighted by atomic mass is 16.5. The molecule has 1 amide bonds. The number of aryl methyl sites for hydroxylation is 4. The number of nitrogens with one attached hydrogen (secondary N) is 1. The van der Waals surface area contributed by atoms with Gasteiger partial charge >= 0.3 is 5.97 Å². The highest BCUT2D eigenvalue weighted by Gasteiger charge is 2.19. The maximum absolute atomic E-state index is 12.7. The van der Waals surface area contributed by atoms with Gasteiger partial charge in [-0.25, -0.2) is 14.5 Å². The van der Waals surface area contributed by atoms with Gasteiger partial charge < -0.3 is 14.8 Å². The smallest absolute Gasteiger partial charge is 0.338 e. The van der Waals surface area contributed by atoms with E-state index in [-0.39, 0.29) is 12.3 Å². The molecular weight excluding hydrogens is 396 g/mol. The zero-order chi connectivity index (χ0) is 22.9. The van der Waals surface area contributed by atoms with Crippen molar-refractivity contribution < 1.29 is 19.1 Å². The van der Waals surface area contributed by atoms with Gasteiger partial charge in [0.2, 0.25) is 11.8 Å². The minimum atomic E-state index is -0.423. The Morgan fingerprint density at radius 2 is 1.81 bits per heavy atom. The molecule has 8 heteroatoms. The number of carbonyl (C=O) groups is 2. The van der Waals surface area contributed by atoms with Crippen molar-refractivity contribution in [2.75, 3.05) is 19.5 Å². The van der Waals surface area contributed by atoms with E-state index in [9.17, 15) is 9.59 Å². The molecule has 0 aliphatic rings. The minimum Gasteiger partial charge on any atom is -0.479 e. The average Bonchev–Trinajstić information content (AvgIpc) is 3.05. The summed E-state index contributed by atoms with van der Waals surface area (Å²) >= 11 is 0. The number of hydrogen-bond acceptors (Lipinski definition) is 6. The lowest BCUT2D eigenvalue weighted by molar-refractivity contribution is -0.116. The first kappa shape index (κ1) is 22.3. The number of anilines is 1. The Kier molecular flexibility index (Phi) is 6.29. The SMILES string of the molecule is COC(=O)c1cc(NC(=O)CCc2c(C)nc3c(c(OC)nn3C)c2C)cc(C)c1C. The van der Waals surface area contributed by atoms with E-state index in [0.717, 1.165) is 39.0 Å². The summed E-state index contributed by atoms with van der Waals surface area (Å²) in [6.07, 6.45) is 0.803. The number of pyridine rings is 1. The molecule has 164 valence electrons. The number of aromatic nitrogens is 3. The highest BCUT2D eigenvalue weighted by molar-refractivity contribution is 5.96. The van der Waals surface area contributed by atoms with Crippen LogP contribution < -0.4 is 10.1 Å². The van der Waals surface area contributed by atoms with Crippen LogP contribution in [0.3, 0.4) is 0 Å². The predicted molar refractivity (Wildman–Crippen MR) is 119 cm³/mol. The number of carbonyl (C=O) groups excluding carboxylic acids is 2. The Labute approximate surface area is 181 Å². The van der Waals surface area contributed by atoms with E-state index in [1.165, 1.54) is 7.11 Å². The Morgan fingerprint density at radius 1 is 1.10 bits per heavy atom. The lowest BCUT2D eigenvalue weighted by Gasteiger charge is -2.13. The van der Waals surface area contributed by atoms with Gasteiger partial charge in [-0.1, -0.05) is 0 Å². The summed E-state index contributed by atoms with van der Waals surface area (Å²) < 4.78 is 11.9. The number of fused-ring (bicyclic) bond motifs is 1. The van der Waals surface area contributed by atoms with Crippen LogP contribution in [0.5, 0.6) is 5.88 Å². The molecule has 0 fully saturated rings. The van der Waals surface area contributed by atoms with E-state index in [1.807, 2.05) is 40.8 Å². The third-order valence-corrected chi connectivity index (χ3v) is 5.67. The summed E-state index contributed by atoms with van der Waals surface area (Å²) in [4.78, 5) is 29.3. The van der Waals surface area contributed by atoms with Crippen LogP contribution in [0, 0.1) is 27.7 Å². The first-order valence-corrected chi connectivity index (χ1v) is 10.0. The fraction of sp³-hybridized carbons (Fsp3) is 0.391. The van der Waals surface area contributed by atoms with E-state index in [0.29, 0.717) is 23.6 Å². The van der Waals surface area contributed by atoms with Crippen molar-refractivity contribution in [1.82, 2.24) is 14.8 Å². The predicted octanol–water partition coefficient (Wildman–Crippen LogP) is 3.57. The van der Waals surface area contributed by atoms with Crippen molar-refractivity contribution in [2.24, 2.45) is 7.05 Å². The van der Waals surface area contributed by atoms with Crippen molar-refractivity contribution in [1.29, 1.82) is 0 Å². The minimum absolute atomic E-state index is 0.142. The molecular formula is C23H28N4O4. The topological polar surface area (TPSA) is 95.3 Å². The van der Waals surface area contributed by atoms with Gasteiger partial charge in [0.1, 0.15) is 0 Å². The Hall–Kier alpha value is -3.42. The molecule has 3 aromatic rings. The van der Waals surface area contributed by atoms with Crippen molar-refractivity contribution in [2.45, 2.75) is 40.5 Å². The molecule has 0 saturated heterocycles. The van der Waals surface area contributed by atoms with Crippen LogP contribution >= 0.6 is 0 Å². The molecule has 0 bridgehead atoms. The molecule has 0 atom stereocenters. The number of nitrogens with zero attached hydrogens (tertiary/aromatic N) is 3. The first-order chi connectivity index (χ1) is 14.7. The van der Waals surface area contributed by atoms with E-state index < -0.39 is 5.97 Å². The van der Waals surface area contributed by atoms with Crippen LogP contribution in [-0.2, 0) is 23.0 Å². The summed E-state index contributed by atoms with van der Waals surface area (Å²) in [5, 5.41) is 8.12. The molecule has 0 aliphatic carbocycles. The third-order valence-electron chi connectivity index (χ3n) is 5.67. The zero-order valence-electron chi connectivity index (χ0n) is 19.0. The van der Waals surface area contributed by atoms with Crippen LogP contribution in [0.15, 0.2) is 12.1 Å². The number of amides is 1. The van der Waals surface area contributed by atoms with Crippen LogP contribution in [0.2, 0.25) is 0 Å². The molecule has 0 spiro atoms. The van der Waals surface area contributed by atoms with E-state index >= 15 is 0 Å². The van der Waals surface area contributed by atoms with Gasteiger partial charge in [0, 0.05) is 24.8 Å². The summed E-state index contributed by atoms with van der Waals surface area (Å²) in [5.41, 5.74) is 6.40. The molecule has 3 rings (SSSR count). The second-order valence-electron chi connectivity index (χ2n) is 7.64. The van der Waals surface area contributed by atoms with Crippen LogP contribution in [0.25, 0.3) is 11.0 Å². The van der Waals surface area contributed by atoms with Gasteiger partial charge in [0.05, 0.1) is 25.2 Å². The molecule has 0 aliphatic heterocycles. The van der Waals surface area contributed by atoms with E-state index in [1.54, 1.807) is 17.9 Å². The number of benzene rings is 1. The van der Waals surface area contributed by atoms with Gasteiger partial charge in [-0.3, -0.25) is 4.79 Å². The van der Waals surface area contributed by atoms with E-state index in [2.05, 4.69) is 15.4 Å². The average molecular weight is 425 g/mol. The van der Waals surface area contributed by atoms with Crippen molar-refractivity contribution in [3.63, 3.8) is 0 Å². The second-order valence-corrected chi connectivity index (χ2v) is 7.64. The number of rotatable bonds is 6. The summed E-state index contributed by atoms with van der Waals surface area (Å²) in [6, 6.07) is 3.50. The van der Waals surface area contributed by atoms with Crippen molar-refractivity contribution in [3.05, 3.63) is 45.6 Å². The van der Waals surface area contributed by atoms with Gasteiger partial charge in [-0.15, -0.1) is 5.10 Å². The Balaban J connectivity index is 1.81. The van der Waals surface area contributed by atoms with Crippen LogP contribution in [0.1, 0.15) is 44.7 Å². The maximum atomic E-state index is 12.7. The van der Waals surface area contributed by atoms with Crippen molar-refractivity contribution in [3.8, 4) is 5.88 Å². The number of hydrogen-bond donors (Lipinski definition) is 1. The second kappa shape index (κ2) is 8.75. The first-order valence-electron chi connectivity index (χ1n) is 10.0. The third kappa shape index (κ3) is 4.23. The molecule has 2 heterocycles. The van der Waals surface area contributed by atoms with Crippen LogP contribution in [-0.4, -0.2) is 40.9 Å². The number of methoxy groups -OCH3 is 2. The fourth-order valence-corrected chi connectivity index (χ4v) is 3.82. The lowest BCUT2D eigenvalue weighted by atomic mass is 9.99. The zero-order valence-corrected chi connectivity index (χ0v) is 19.0. The van der Waals surface area contributed by atoms with Gasteiger partial charge in [-0.2, -0.15) is 0 Å². The van der Waals surface area contributed by atoms with Crippen molar-refractivity contribution >= 4 is 28.6 Å². The standard InChI is InChI=1S/C23H28N4O4/c1-12-10-16(11-18(13(12)2)23(29)31-7)25-19(28)9-8-17-14(3)20-21(24-15(17)4)27(5)26-22(20)30-6/h10-11H,8-9H2,1-7H3,(H,25,28). The quantitative estimate of drug-likeness (QED) is 0.608. The molecule has 1 N–H and O–H groups in total. The van der Waals surface area contributed by atoms with Gasteiger partial charge in [-0.05, 0) is 68.5 Å². The molecule has 1 aromatic carbocycles. The van der Waals surface area contributed by atoms with Gasteiger partial charge in [0.15, 0.2) is 5.65 Å². The monoisotopic (exact) mass is 424 g/mol. The highest BCUT2D eigenvalue weighted by Crippen LogP contribution is 2.30. The molecule has 8 nitrogen and oxygen atoms in total. The molecule has 0 unspecified atom stereocenters. The molecule has 31 heavy (non-hydrogen) atoms. The molecule has 2 aromatic heterocycles. The number of esters is 1. The normalized spacial score (nSPS) is 10.9. The maximum Gasteiger partial charge on any atom is 0.338 e. The summed E-state index contributed by atoms with van der Waals surface area (Å²) in [7, 11) is 4.76. The summed E-state index contributed by atoms with van der Waals surface area (Å²) in [5.74, 6) is -0.0393. The Bertz CT molecular complexity index is 1180. The largest absolute Gasteiger partial charge is 0.479 e. The molecule has 0 radical (unpaired) electrons. The van der Waals surface area contributed by atoms with Gasteiger partial charge in [0.25, 0.3) is 0 Å². The van der Waals surface area contributed by atoms with E-state index in [4.69, 9.17) is 9.47 Å².